The van der Waals surface area contributed by atoms with Crippen molar-refractivity contribution in [3.8, 4) is 0 Å². The van der Waals surface area contributed by atoms with Crippen LogP contribution in [0, 0.1) is 11.6 Å². The fraction of sp³-hybridized carbons (Fsp3) is 0.188. The summed E-state index contributed by atoms with van der Waals surface area (Å²) in [7, 11) is 1.21. The van der Waals surface area contributed by atoms with Crippen molar-refractivity contribution in [1.29, 1.82) is 0 Å². The minimum absolute atomic E-state index is 0.0165. The molecule has 0 atom stereocenters. The van der Waals surface area contributed by atoms with Gasteiger partial charge in [0.05, 0.1) is 24.4 Å². The largest absolute Gasteiger partial charge is 0.464 e. The van der Waals surface area contributed by atoms with Crippen LogP contribution in [0.15, 0.2) is 30.5 Å². The molecule has 0 fully saturated rings. The third-order valence-electron chi connectivity index (χ3n) is 3.18. The van der Waals surface area contributed by atoms with E-state index in [2.05, 4.69) is 15.0 Å². The van der Waals surface area contributed by atoms with Gasteiger partial charge in [-0.25, -0.2) is 18.6 Å². The molecule has 2 rings (SSSR count). The highest BCUT2D eigenvalue weighted by molar-refractivity contribution is 6.31. The van der Waals surface area contributed by atoms with Crippen molar-refractivity contribution in [2.75, 3.05) is 19.0 Å². The number of rotatable bonds is 6. The topological polar surface area (TPSA) is 68.3 Å². The van der Waals surface area contributed by atoms with Crippen LogP contribution in [0.25, 0.3) is 0 Å². The van der Waals surface area contributed by atoms with E-state index in [1.54, 1.807) is 12.1 Å². The summed E-state index contributed by atoms with van der Waals surface area (Å²) < 4.78 is 31.6. The zero-order valence-corrected chi connectivity index (χ0v) is 13.4. The summed E-state index contributed by atoms with van der Waals surface area (Å²) in [6, 6.07) is 4.92. The summed E-state index contributed by atoms with van der Waals surface area (Å²) in [5.41, 5.74) is 0.106. The molecule has 0 saturated heterocycles. The van der Waals surface area contributed by atoms with Gasteiger partial charge in [0.2, 0.25) is 0 Å². The molecule has 8 heteroatoms. The van der Waals surface area contributed by atoms with Gasteiger partial charge in [-0.1, -0.05) is 11.6 Å². The predicted molar refractivity (Wildman–Crippen MR) is 84.1 cm³/mol. The van der Waals surface area contributed by atoms with E-state index in [1.807, 2.05) is 0 Å². The number of halogens is 3. The number of pyridine rings is 1. The SMILES string of the molecule is COC(=O)c1ncccc1NCC(=O)Cc1c(F)ccc(F)c1Cl. The highest BCUT2D eigenvalue weighted by atomic mass is 35.5. The Kier molecular flexibility index (Phi) is 5.81. The number of carbonyl (C=O) groups is 2. The van der Waals surface area contributed by atoms with Gasteiger partial charge in [0, 0.05) is 18.2 Å². The minimum Gasteiger partial charge on any atom is -0.464 e. The monoisotopic (exact) mass is 354 g/mol. The molecule has 0 aliphatic rings. The molecule has 2 aromatic rings. The summed E-state index contributed by atoms with van der Waals surface area (Å²) in [4.78, 5) is 27.5. The van der Waals surface area contributed by atoms with Crippen LogP contribution >= 0.6 is 11.6 Å². The standard InChI is InChI=1S/C16H13ClF2N2O3/c1-24-16(23)15-13(3-2-6-20-15)21-8-9(22)7-10-11(18)4-5-12(19)14(10)17/h2-6,21H,7-8H2,1H3. The second-order valence-corrected chi connectivity index (χ2v) is 5.16. The zero-order chi connectivity index (χ0) is 17.7. The van der Waals surface area contributed by atoms with E-state index in [9.17, 15) is 18.4 Å². The number of ether oxygens (including phenoxy) is 1. The van der Waals surface area contributed by atoms with Crippen molar-refractivity contribution in [1.82, 2.24) is 4.98 Å². The van der Waals surface area contributed by atoms with E-state index in [-0.39, 0.29) is 24.2 Å². The third kappa shape index (κ3) is 4.05. The minimum atomic E-state index is -0.797. The number of esters is 1. The number of ketones is 1. The summed E-state index contributed by atoms with van der Waals surface area (Å²) in [5.74, 6) is -2.66. The van der Waals surface area contributed by atoms with E-state index in [0.29, 0.717) is 5.69 Å². The van der Waals surface area contributed by atoms with Crippen molar-refractivity contribution in [2.45, 2.75) is 6.42 Å². The molecule has 0 saturated carbocycles. The van der Waals surface area contributed by atoms with Crippen molar-refractivity contribution in [3.63, 3.8) is 0 Å². The molecular weight excluding hydrogens is 342 g/mol. The molecule has 5 nitrogen and oxygen atoms in total. The average molecular weight is 355 g/mol. The van der Waals surface area contributed by atoms with Crippen LogP contribution in [0.3, 0.4) is 0 Å². The molecule has 0 amide bonds. The van der Waals surface area contributed by atoms with E-state index < -0.39 is 28.4 Å². The number of nitrogens with one attached hydrogen (secondary N) is 1. The van der Waals surface area contributed by atoms with E-state index in [4.69, 9.17) is 11.6 Å². The maximum Gasteiger partial charge on any atom is 0.358 e. The van der Waals surface area contributed by atoms with Gasteiger partial charge >= 0.3 is 5.97 Å². The van der Waals surface area contributed by atoms with Crippen LogP contribution in [0.1, 0.15) is 16.1 Å². The molecule has 1 N–H and O–H groups in total. The van der Waals surface area contributed by atoms with Crippen molar-refractivity contribution >= 4 is 29.0 Å². The highest BCUT2D eigenvalue weighted by Crippen LogP contribution is 2.23. The first-order valence-corrected chi connectivity index (χ1v) is 7.23. The van der Waals surface area contributed by atoms with E-state index >= 15 is 0 Å². The first-order valence-electron chi connectivity index (χ1n) is 6.85. The summed E-state index contributed by atoms with van der Waals surface area (Å²) in [6.45, 7) is -0.220. The Morgan fingerprint density at radius 3 is 2.67 bits per heavy atom. The maximum atomic E-state index is 13.7. The number of hydrogen-bond donors (Lipinski definition) is 1. The van der Waals surface area contributed by atoms with Gasteiger partial charge < -0.3 is 10.1 Å². The molecular formula is C16H13ClF2N2O3. The number of hydrogen-bond acceptors (Lipinski definition) is 5. The quantitative estimate of drug-likeness (QED) is 0.638. The normalized spacial score (nSPS) is 10.3. The average Bonchev–Trinajstić information content (AvgIpc) is 2.59. The lowest BCUT2D eigenvalue weighted by atomic mass is 10.1. The van der Waals surface area contributed by atoms with Gasteiger partial charge in [0.15, 0.2) is 11.5 Å². The van der Waals surface area contributed by atoms with Crippen LogP contribution in [0.5, 0.6) is 0 Å². The first-order chi connectivity index (χ1) is 11.4. The molecule has 1 aromatic carbocycles. The summed E-state index contributed by atoms with van der Waals surface area (Å²) >= 11 is 5.69. The van der Waals surface area contributed by atoms with Crippen molar-refractivity contribution in [2.24, 2.45) is 0 Å². The summed E-state index contributed by atoms with van der Waals surface area (Å²) in [5, 5.41) is 2.31. The fourth-order valence-corrected chi connectivity index (χ4v) is 2.21. The number of anilines is 1. The second kappa shape index (κ2) is 7.83. The van der Waals surface area contributed by atoms with Crippen LogP contribution in [0.4, 0.5) is 14.5 Å². The van der Waals surface area contributed by atoms with Gasteiger partial charge in [-0.05, 0) is 24.3 Å². The molecule has 1 heterocycles. The Morgan fingerprint density at radius 2 is 1.96 bits per heavy atom. The molecule has 24 heavy (non-hydrogen) atoms. The number of methoxy groups -OCH3 is 1. The van der Waals surface area contributed by atoms with Crippen LogP contribution < -0.4 is 5.32 Å². The Morgan fingerprint density at radius 1 is 1.25 bits per heavy atom. The lowest BCUT2D eigenvalue weighted by molar-refractivity contribution is -0.116. The van der Waals surface area contributed by atoms with Gasteiger partial charge in [0.1, 0.15) is 11.6 Å². The maximum absolute atomic E-state index is 13.7. The highest BCUT2D eigenvalue weighted by Gasteiger charge is 2.17. The molecule has 0 radical (unpaired) electrons. The van der Waals surface area contributed by atoms with E-state index in [0.717, 1.165) is 12.1 Å². The molecule has 1 aromatic heterocycles. The summed E-state index contributed by atoms with van der Waals surface area (Å²) in [6.07, 6.45) is 1.02. The molecule has 0 aliphatic carbocycles. The molecule has 0 unspecified atom stereocenters. The Bertz CT molecular complexity index is 784. The molecule has 0 aliphatic heterocycles. The third-order valence-corrected chi connectivity index (χ3v) is 3.58. The first kappa shape index (κ1) is 17.8. The number of aromatic nitrogens is 1. The van der Waals surface area contributed by atoms with Gasteiger partial charge in [-0.3, -0.25) is 4.79 Å². The lowest BCUT2D eigenvalue weighted by Gasteiger charge is -2.10. The van der Waals surface area contributed by atoms with Crippen LogP contribution in [0.2, 0.25) is 5.02 Å². The van der Waals surface area contributed by atoms with Crippen LogP contribution in [-0.2, 0) is 16.0 Å². The van der Waals surface area contributed by atoms with Crippen molar-refractivity contribution < 1.29 is 23.1 Å². The number of Topliss-reactive ketones (excluding diaryl/α,β-unsaturated/α-hetero) is 1. The van der Waals surface area contributed by atoms with Gasteiger partial charge in [-0.2, -0.15) is 0 Å². The number of nitrogens with zero attached hydrogens (tertiary/aromatic N) is 1. The smallest absolute Gasteiger partial charge is 0.358 e. The van der Waals surface area contributed by atoms with Crippen molar-refractivity contribution in [3.05, 3.63) is 58.4 Å². The van der Waals surface area contributed by atoms with Gasteiger partial charge in [0.25, 0.3) is 0 Å². The Labute approximate surface area is 141 Å². The van der Waals surface area contributed by atoms with Crippen LogP contribution in [-0.4, -0.2) is 30.4 Å². The molecule has 126 valence electrons. The Balaban J connectivity index is 2.08. The zero-order valence-electron chi connectivity index (χ0n) is 12.6. The molecule has 0 spiro atoms. The van der Waals surface area contributed by atoms with E-state index in [1.165, 1.54) is 13.3 Å². The lowest BCUT2D eigenvalue weighted by Crippen LogP contribution is -2.19. The second-order valence-electron chi connectivity index (χ2n) is 4.78. The predicted octanol–water partition coefficient (Wildman–Crippen LogP) is 3.02. The Hall–Kier alpha value is -2.54. The van der Waals surface area contributed by atoms with Gasteiger partial charge in [-0.15, -0.1) is 0 Å². The fourth-order valence-electron chi connectivity index (χ4n) is 1.99. The number of benzene rings is 1. The molecule has 0 bridgehead atoms. The number of carbonyl (C=O) groups excluding carboxylic acids is 2.